The second-order valence-electron chi connectivity index (χ2n) is 4.50. The van der Waals surface area contributed by atoms with Gasteiger partial charge in [0.25, 0.3) is 5.91 Å². The molecular weight excluding hydrogens is 273 g/mol. The van der Waals surface area contributed by atoms with Gasteiger partial charge < -0.3 is 14.8 Å². The Morgan fingerprint density at radius 1 is 1.10 bits per heavy atom. The fraction of sp³-hybridized carbons (Fsp3) is 0.188. The molecule has 21 heavy (non-hydrogen) atoms. The van der Waals surface area contributed by atoms with Crippen molar-refractivity contribution in [3.8, 4) is 11.5 Å². The Kier molecular flexibility index (Phi) is 4.42. The van der Waals surface area contributed by atoms with Crippen LogP contribution in [0, 0.1) is 12.7 Å². The van der Waals surface area contributed by atoms with Crippen molar-refractivity contribution >= 4 is 11.6 Å². The number of aryl methyl sites for hydroxylation is 1. The van der Waals surface area contributed by atoms with Crippen LogP contribution in [0.2, 0.25) is 0 Å². The van der Waals surface area contributed by atoms with E-state index >= 15 is 0 Å². The van der Waals surface area contributed by atoms with Crippen LogP contribution in [-0.2, 0) is 0 Å². The van der Waals surface area contributed by atoms with Crippen LogP contribution in [0.5, 0.6) is 11.5 Å². The molecule has 0 unspecified atom stereocenters. The SMILES string of the molecule is COc1ccc(OC)c(NC(=O)c2cc(C)ccc2F)c1. The van der Waals surface area contributed by atoms with Crippen molar-refractivity contribution in [2.45, 2.75) is 6.92 Å². The molecule has 2 rings (SSSR count). The smallest absolute Gasteiger partial charge is 0.258 e. The maximum Gasteiger partial charge on any atom is 0.258 e. The van der Waals surface area contributed by atoms with E-state index in [0.29, 0.717) is 17.2 Å². The molecule has 0 fully saturated rings. The average Bonchev–Trinajstić information content (AvgIpc) is 2.49. The summed E-state index contributed by atoms with van der Waals surface area (Å²) in [4.78, 5) is 12.2. The maximum absolute atomic E-state index is 13.7. The summed E-state index contributed by atoms with van der Waals surface area (Å²) in [6.07, 6.45) is 0. The Hall–Kier alpha value is -2.56. The summed E-state index contributed by atoms with van der Waals surface area (Å²) in [5, 5.41) is 2.64. The predicted octanol–water partition coefficient (Wildman–Crippen LogP) is 3.40. The van der Waals surface area contributed by atoms with Crippen molar-refractivity contribution in [1.29, 1.82) is 0 Å². The lowest BCUT2D eigenvalue weighted by Crippen LogP contribution is -2.14. The molecule has 0 atom stereocenters. The number of amides is 1. The highest BCUT2D eigenvalue weighted by atomic mass is 19.1. The normalized spacial score (nSPS) is 10.1. The van der Waals surface area contributed by atoms with Gasteiger partial charge in [0, 0.05) is 6.07 Å². The third-order valence-corrected chi connectivity index (χ3v) is 3.02. The minimum Gasteiger partial charge on any atom is -0.497 e. The van der Waals surface area contributed by atoms with E-state index in [2.05, 4.69) is 5.32 Å². The molecule has 1 amide bonds. The van der Waals surface area contributed by atoms with E-state index in [1.165, 1.54) is 26.4 Å². The molecule has 4 nitrogen and oxygen atoms in total. The van der Waals surface area contributed by atoms with Gasteiger partial charge in [0.2, 0.25) is 0 Å². The van der Waals surface area contributed by atoms with Gasteiger partial charge in [0.05, 0.1) is 25.5 Å². The summed E-state index contributed by atoms with van der Waals surface area (Å²) >= 11 is 0. The summed E-state index contributed by atoms with van der Waals surface area (Å²) < 4.78 is 24.0. The van der Waals surface area contributed by atoms with Gasteiger partial charge in [0.1, 0.15) is 17.3 Å². The van der Waals surface area contributed by atoms with Crippen LogP contribution < -0.4 is 14.8 Å². The van der Waals surface area contributed by atoms with Crippen molar-refractivity contribution in [1.82, 2.24) is 0 Å². The van der Waals surface area contributed by atoms with E-state index in [1.54, 1.807) is 31.2 Å². The topological polar surface area (TPSA) is 47.6 Å². The molecule has 0 saturated heterocycles. The molecule has 1 N–H and O–H groups in total. The lowest BCUT2D eigenvalue weighted by atomic mass is 10.1. The fourth-order valence-corrected chi connectivity index (χ4v) is 1.91. The van der Waals surface area contributed by atoms with Crippen molar-refractivity contribution in [2.24, 2.45) is 0 Å². The number of methoxy groups -OCH3 is 2. The number of hydrogen-bond donors (Lipinski definition) is 1. The van der Waals surface area contributed by atoms with Crippen LogP contribution >= 0.6 is 0 Å². The Morgan fingerprint density at radius 2 is 1.86 bits per heavy atom. The van der Waals surface area contributed by atoms with Gasteiger partial charge in [-0.05, 0) is 31.2 Å². The fourth-order valence-electron chi connectivity index (χ4n) is 1.91. The average molecular weight is 289 g/mol. The second-order valence-corrected chi connectivity index (χ2v) is 4.50. The van der Waals surface area contributed by atoms with Gasteiger partial charge >= 0.3 is 0 Å². The molecule has 0 aliphatic carbocycles. The number of nitrogens with one attached hydrogen (secondary N) is 1. The maximum atomic E-state index is 13.7. The lowest BCUT2D eigenvalue weighted by Gasteiger charge is -2.12. The van der Waals surface area contributed by atoms with Gasteiger partial charge in [-0.25, -0.2) is 4.39 Å². The monoisotopic (exact) mass is 289 g/mol. The van der Waals surface area contributed by atoms with E-state index in [0.717, 1.165) is 5.56 Å². The van der Waals surface area contributed by atoms with Gasteiger partial charge in [-0.1, -0.05) is 11.6 Å². The minimum atomic E-state index is -0.569. The zero-order valence-corrected chi connectivity index (χ0v) is 12.1. The Labute approximate surface area is 122 Å². The second kappa shape index (κ2) is 6.26. The molecular formula is C16H16FNO3. The number of hydrogen-bond acceptors (Lipinski definition) is 3. The summed E-state index contributed by atoms with van der Waals surface area (Å²) in [6, 6.07) is 9.37. The highest BCUT2D eigenvalue weighted by Gasteiger charge is 2.14. The number of ether oxygens (including phenoxy) is 2. The van der Waals surface area contributed by atoms with E-state index in [1.807, 2.05) is 0 Å². The van der Waals surface area contributed by atoms with Gasteiger partial charge in [-0.3, -0.25) is 4.79 Å². The van der Waals surface area contributed by atoms with Gasteiger partial charge in [0.15, 0.2) is 0 Å². The Bertz CT molecular complexity index is 671. The molecule has 2 aromatic carbocycles. The van der Waals surface area contributed by atoms with Gasteiger partial charge in [-0.15, -0.1) is 0 Å². The van der Waals surface area contributed by atoms with Crippen LogP contribution in [0.1, 0.15) is 15.9 Å². The molecule has 0 aromatic heterocycles. The van der Waals surface area contributed by atoms with Crippen molar-refractivity contribution in [3.05, 3.63) is 53.3 Å². The lowest BCUT2D eigenvalue weighted by molar-refractivity contribution is 0.102. The van der Waals surface area contributed by atoms with E-state index < -0.39 is 11.7 Å². The number of anilines is 1. The molecule has 0 aliphatic heterocycles. The molecule has 0 radical (unpaired) electrons. The number of halogens is 1. The van der Waals surface area contributed by atoms with Crippen molar-refractivity contribution in [3.63, 3.8) is 0 Å². The molecule has 2 aromatic rings. The largest absolute Gasteiger partial charge is 0.497 e. The van der Waals surface area contributed by atoms with E-state index in [9.17, 15) is 9.18 Å². The van der Waals surface area contributed by atoms with Gasteiger partial charge in [-0.2, -0.15) is 0 Å². The first-order valence-electron chi connectivity index (χ1n) is 6.34. The van der Waals surface area contributed by atoms with Crippen molar-refractivity contribution < 1.29 is 18.7 Å². The predicted molar refractivity (Wildman–Crippen MR) is 78.6 cm³/mol. The van der Waals surface area contributed by atoms with Crippen LogP contribution in [0.3, 0.4) is 0 Å². The third kappa shape index (κ3) is 3.31. The van der Waals surface area contributed by atoms with E-state index in [4.69, 9.17) is 9.47 Å². The first kappa shape index (κ1) is 14.8. The molecule has 0 spiro atoms. The molecule has 0 bridgehead atoms. The van der Waals surface area contributed by atoms with Crippen LogP contribution in [0.25, 0.3) is 0 Å². The summed E-state index contributed by atoms with van der Waals surface area (Å²) in [6.45, 7) is 1.79. The number of carbonyl (C=O) groups excluding carboxylic acids is 1. The van der Waals surface area contributed by atoms with E-state index in [-0.39, 0.29) is 5.56 Å². The molecule has 0 aliphatic rings. The quantitative estimate of drug-likeness (QED) is 0.938. The first-order chi connectivity index (χ1) is 10.0. The molecule has 0 heterocycles. The third-order valence-electron chi connectivity index (χ3n) is 3.02. The zero-order valence-electron chi connectivity index (χ0n) is 12.1. The number of rotatable bonds is 4. The first-order valence-corrected chi connectivity index (χ1v) is 6.34. The molecule has 5 heteroatoms. The standard InChI is InChI=1S/C16H16FNO3/c1-10-4-6-13(17)12(8-10)16(19)18-14-9-11(20-2)5-7-15(14)21-3/h4-9H,1-3H3,(H,18,19). The summed E-state index contributed by atoms with van der Waals surface area (Å²) in [5.74, 6) is -0.0734. The molecule has 110 valence electrons. The zero-order chi connectivity index (χ0) is 15.4. The highest BCUT2D eigenvalue weighted by Crippen LogP contribution is 2.29. The van der Waals surface area contributed by atoms with Crippen LogP contribution in [0.15, 0.2) is 36.4 Å². The highest BCUT2D eigenvalue weighted by molar-refractivity contribution is 6.05. The minimum absolute atomic E-state index is 0.0140. The summed E-state index contributed by atoms with van der Waals surface area (Å²) in [5.41, 5.74) is 1.21. The number of carbonyl (C=O) groups is 1. The van der Waals surface area contributed by atoms with Crippen LogP contribution in [0.4, 0.5) is 10.1 Å². The van der Waals surface area contributed by atoms with Crippen molar-refractivity contribution in [2.75, 3.05) is 19.5 Å². The summed E-state index contributed by atoms with van der Waals surface area (Å²) in [7, 11) is 3.01. The Morgan fingerprint density at radius 3 is 2.52 bits per heavy atom. The number of benzene rings is 2. The Balaban J connectivity index is 2.32. The van der Waals surface area contributed by atoms with Crippen LogP contribution in [-0.4, -0.2) is 20.1 Å². The molecule has 0 saturated carbocycles.